The van der Waals surface area contributed by atoms with Gasteiger partial charge >= 0.3 is 13.8 Å². The normalized spacial score (nSPS) is 14.6. The van der Waals surface area contributed by atoms with E-state index in [1.165, 1.54) is 0 Å². The Balaban J connectivity index is 3.55. The van der Waals surface area contributed by atoms with E-state index in [1.54, 1.807) is 6.08 Å². The summed E-state index contributed by atoms with van der Waals surface area (Å²) in [5.41, 5.74) is 0. The predicted octanol–water partition coefficient (Wildman–Crippen LogP) is 4.06. The molecule has 0 aromatic heterocycles. The second kappa shape index (κ2) is 19.4. The average molecular weight is 464 g/mol. The number of carbonyl (C=O) groups excluding carboxylic acids is 1. The van der Waals surface area contributed by atoms with Crippen LogP contribution in [0.25, 0.3) is 0 Å². The lowest BCUT2D eigenvalue weighted by Crippen LogP contribution is -2.23. The summed E-state index contributed by atoms with van der Waals surface area (Å²) in [4.78, 5) is 32.8. The van der Waals surface area contributed by atoms with Crippen LogP contribution in [0.1, 0.15) is 64.7 Å². The van der Waals surface area contributed by atoms with E-state index in [0.717, 1.165) is 44.9 Å². The number of aliphatic hydroxyl groups is 1. The lowest BCUT2D eigenvalue weighted by atomic mass is 10.1. The van der Waals surface area contributed by atoms with Crippen LogP contribution in [0.15, 0.2) is 36.5 Å². The quantitative estimate of drug-likeness (QED) is 0.0423. The summed E-state index contributed by atoms with van der Waals surface area (Å²) in [5.74, 6) is -0.449. The smallest absolute Gasteiger partial charge is 0.463 e. The van der Waals surface area contributed by atoms with Gasteiger partial charge in [0.1, 0.15) is 18.8 Å². The minimum Gasteiger partial charge on any atom is -0.463 e. The number of hydrogen-bond acceptors (Lipinski definition) is 7. The second-order valence-electron chi connectivity index (χ2n) is 7.00. The topological polar surface area (TPSA) is 143 Å². The van der Waals surface area contributed by atoms with Gasteiger partial charge in [-0.15, -0.1) is 0 Å². The molecule has 0 saturated carbocycles. The first-order valence-electron chi connectivity index (χ1n) is 10.6. The van der Waals surface area contributed by atoms with Gasteiger partial charge in [0, 0.05) is 6.42 Å². The third-order valence-corrected chi connectivity index (χ3v) is 4.66. The molecule has 0 spiro atoms. The van der Waals surface area contributed by atoms with Crippen molar-refractivity contribution in [1.29, 1.82) is 0 Å². The molecular weight excluding hydrogens is 427 g/mol. The van der Waals surface area contributed by atoms with Crippen molar-refractivity contribution in [2.75, 3.05) is 13.2 Å². The van der Waals surface area contributed by atoms with E-state index in [4.69, 9.17) is 19.8 Å². The van der Waals surface area contributed by atoms with E-state index >= 15 is 0 Å². The summed E-state index contributed by atoms with van der Waals surface area (Å²) < 4.78 is 19.5. The molecule has 0 amide bonds. The molecule has 4 N–H and O–H groups in total. The van der Waals surface area contributed by atoms with E-state index in [1.807, 2.05) is 25.2 Å². The number of ether oxygens (including phenoxy) is 1. The van der Waals surface area contributed by atoms with Gasteiger partial charge in [0.05, 0.1) is 6.61 Å². The van der Waals surface area contributed by atoms with Gasteiger partial charge in [-0.25, -0.2) is 9.45 Å². The number of allylic oxidation sites excluding steroid dienone is 5. The van der Waals surface area contributed by atoms with Crippen LogP contribution in [-0.4, -0.2) is 51.5 Å². The van der Waals surface area contributed by atoms with E-state index in [2.05, 4.69) is 21.6 Å². The molecule has 31 heavy (non-hydrogen) atoms. The van der Waals surface area contributed by atoms with Crippen LogP contribution in [0, 0.1) is 0 Å². The fraction of sp³-hybridized carbons (Fsp3) is 0.667. The van der Waals surface area contributed by atoms with Crippen LogP contribution in [0.4, 0.5) is 0 Å². The van der Waals surface area contributed by atoms with Gasteiger partial charge < -0.3 is 19.6 Å². The van der Waals surface area contributed by atoms with Crippen LogP contribution in [-0.2, 0) is 23.5 Å². The summed E-state index contributed by atoms with van der Waals surface area (Å²) in [6.45, 7) is 0.977. The number of aliphatic hydroxyl groups excluding tert-OH is 1. The Bertz CT molecular complexity index is 579. The number of phosphoric acid groups is 1. The van der Waals surface area contributed by atoms with Gasteiger partial charge in [-0.05, 0) is 32.1 Å². The molecule has 180 valence electrons. The van der Waals surface area contributed by atoms with Gasteiger partial charge in [-0.3, -0.25) is 14.6 Å². The van der Waals surface area contributed by atoms with Gasteiger partial charge in [-0.2, -0.15) is 0 Å². The zero-order valence-electron chi connectivity index (χ0n) is 18.2. The highest BCUT2D eigenvalue weighted by Crippen LogP contribution is 2.35. The van der Waals surface area contributed by atoms with Crippen LogP contribution >= 0.6 is 7.82 Å². The van der Waals surface area contributed by atoms with Gasteiger partial charge in [0.2, 0.25) is 0 Å². The van der Waals surface area contributed by atoms with Crippen molar-refractivity contribution in [3.8, 4) is 0 Å². The molecule has 2 atom stereocenters. The first-order valence-corrected chi connectivity index (χ1v) is 12.1. The molecule has 0 radical (unpaired) electrons. The molecule has 0 saturated heterocycles. The van der Waals surface area contributed by atoms with Crippen LogP contribution < -0.4 is 0 Å². The van der Waals surface area contributed by atoms with Crippen LogP contribution in [0.3, 0.4) is 0 Å². The predicted molar refractivity (Wildman–Crippen MR) is 117 cm³/mol. The van der Waals surface area contributed by atoms with E-state index in [0.29, 0.717) is 6.42 Å². The van der Waals surface area contributed by atoms with Crippen molar-refractivity contribution >= 4 is 13.8 Å². The van der Waals surface area contributed by atoms with Crippen molar-refractivity contribution in [3.05, 3.63) is 36.5 Å². The molecule has 0 fully saturated rings. The van der Waals surface area contributed by atoms with Crippen LogP contribution in [0.2, 0.25) is 0 Å². The van der Waals surface area contributed by atoms with E-state index in [9.17, 15) is 14.5 Å². The first-order chi connectivity index (χ1) is 14.8. The Morgan fingerprint density at radius 2 is 1.71 bits per heavy atom. The maximum Gasteiger partial charge on any atom is 0.469 e. The highest BCUT2D eigenvalue weighted by molar-refractivity contribution is 7.46. The number of rotatable bonds is 19. The number of carbonyl (C=O) groups is 1. The van der Waals surface area contributed by atoms with Gasteiger partial charge in [0.15, 0.2) is 0 Å². The number of hydrogen-bond donors (Lipinski definition) is 4. The Morgan fingerprint density at radius 1 is 1.00 bits per heavy atom. The van der Waals surface area contributed by atoms with Crippen molar-refractivity contribution in [2.45, 2.75) is 76.9 Å². The Labute approximate surface area is 184 Å². The molecule has 10 heteroatoms. The third kappa shape index (κ3) is 21.7. The third-order valence-electron chi connectivity index (χ3n) is 4.17. The summed E-state index contributed by atoms with van der Waals surface area (Å²) in [7, 11) is -4.64. The largest absolute Gasteiger partial charge is 0.469 e. The summed E-state index contributed by atoms with van der Waals surface area (Å²) in [5, 5.41) is 18.0. The molecule has 0 aromatic rings. The molecular formula is C21H37O9P. The second-order valence-corrected chi connectivity index (χ2v) is 8.24. The minimum absolute atomic E-state index is 0.246. The van der Waals surface area contributed by atoms with E-state index in [-0.39, 0.29) is 19.1 Å². The molecule has 1 unspecified atom stereocenters. The molecule has 0 bridgehead atoms. The Morgan fingerprint density at radius 3 is 2.39 bits per heavy atom. The molecule has 0 aromatic carbocycles. The summed E-state index contributed by atoms with van der Waals surface area (Å²) in [6.07, 6.45) is 18.0. The van der Waals surface area contributed by atoms with E-state index < -0.39 is 26.5 Å². The Hall–Kier alpha value is -1.32. The zero-order chi connectivity index (χ0) is 23.4. The van der Waals surface area contributed by atoms with Crippen molar-refractivity contribution < 1.29 is 43.7 Å². The molecule has 9 nitrogen and oxygen atoms in total. The summed E-state index contributed by atoms with van der Waals surface area (Å²) in [6, 6.07) is 0. The monoisotopic (exact) mass is 464 g/mol. The maximum absolute atomic E-state index is 11.6. The number of esters is 1. The standard InChI is InChI=1S/C21H37O9P/c1-2-20(30-24)15-13-11-9-7-5-3-4-6-8-10-12-14-16-21(23)28-17-19(22)18-29-31(25,26)27/h3,5,9,11,13,15,19-20,22,24H,2,4,6-8,10,12,14,16-18H2,1H3,(H2,25,26,27)/t19-,20?/m0/s1. The highest BCUT2D eigenvalue weighted by atomic mass is 31.2. The summed E-state index contributed by atoms with van der Waals surface area (Å²) >= 11 is 0. The van der Waals surface area contributed by atoms with Crippen molar-refractivity contribution in [2.24, 2.45) is 0 Å². The number of phosphoric ester groups is 1. The molecule has 0 aliphatic rings. The average Bonchev–Trinajstić information content (AvgIpc) is 2.73. The maximum atomic E-state index is 11.6. The zero-order valence-corrected chi connectivity index (χ0v) is 19.1. The lowest BCUT2D eigenvalue weighted by Gasteiger charge is -2.12. The molecule has 0 aliphatic heterocycles. The first kappa shape index (κ1) is 29.7. The Kier molecular flexibility index (Phi) is 18.5. The molecule has 0 heterocycles. The molecule has 0 aliphatic carbocycles. The lowest BCUT2D eigenvalue weighted by molar-refractivity contribution is -0.266. The van der Waals surface area contributed by atoms with Crippen molar-refractivity contribution in [1.82, 2.24) is 0 Å². The van der Waals surface area contributed by atoms with Gasteiger partial charge in [-0.1, -0.05) is 62.6 Å². The fourth-order valence-electron chi connectivity index (χ4n) is 2.44. The van der Waals surface area contributed by atoms with Crippen LogP contribution in [0.5, 0.6) is 0 Å². The SMILES string of the molecule is CCC(C=CC=CCC=CCCCCCCCC(=O)OC[C@H](O)COP(=O)(O)O)OO. The van der Waals surface area contributed by atoms with Gasteiger partial charge in [0.25, 0.3) is 0 Å². The van der Waals surface area contributed by atoms with Crippen molar-refractivity contribution in [3.63, 3.8) is 0 Å². The fourth-order valence-corrected chi connectivity index (χ4v) is 2.80. The highest BCUT2D eigenvalue weighted by Gasteiger charge is 2.17. The minimum atomic E-state index is -4.64. The molecule has 0 rings (SSSR count). The number of unbranched alkanes of at least 4 members (excludes halogenated alkanes) is 5.